The van der Waals surface area contributed by atoms with E-state index >= 15 is 0 Å². The molecule has 0 saturated heterocycles. The summed E-state index contributed by atoms with van der Waals surface area (Å²) in [6, 6.07) is 0. The largest absolute Gasteiger partial charge is 0.463 e. The maximum absolute atomic E-state index is 12.4. The molecule has 1 saturated carbocycles. The second-order valence-electron chi connectivity index (χ2n) is 16.1. The number of hydrogen-bond donors (Lipinski definition) is 3. The summed E-state index contributed by atoms with van der Waals surface area (Å²) in [6.45, 7) is 6.37. The van der Waals surface area contributed by atoms with Crippen molar-refractivity contribution in [3.05, 3.63) is 12.2 Å². The van der Waals surface area contributed by atoms with Gasteiger partial charge in [-0.15, -0.1) is 0 Å². The second-order valence-corrected chi connectivity index (χ2v) is 16.1. The first-order chi connectivity index (χ1) is 25.1. The summed E-state index contributed by atoms with van der Waals surface area (Å²) in [5, 5.41) is 30.7. The van der Waals surface area contributed by atoms with Gasteiger partial charge < -0.3 is 24.8 Å². The zero-order valence-electron chi connectivity index (χ0n) is 33.7. The molecule has 8 heteroatoms. The van der Waals surface area contributed by atoms with Crippen LogP contribution in [0.15, 0.2) is 12.2 Å². The third-order valence-electron chi connectivity index (χ3n) is 10.6. The number of unbranched alkanes of at least 4 members (excludes halogenated alkanes) is 19. The van der Waals surface area contributed by atoms with Crippen LogP contribution in [0.1, 0.15) is 201 Å². The van der Waals surface area contributed by atoms with Crippen LogP contribution in [0.5, 0.6) is 0 Å². The molecule has 0 aliphatic heterocycles. The summed E-state index contributed by atoms with van der Waals surface area (Å²) in [7, 11) is 0. The molecule has 0 bridgehead atoms. The smallest absolute Gasteiger partial charge is 0.305 e. The quantitative estimate of drug-likeness (QED) is 0.0333. The van der Waals surface area contributed by atoms with Gasteiger partial charge in [-0.2, -0.15) is 0 Å². The highest BCUT2D eigenvalue weighted by Gasteiger charge is 2.39. The molecule has 1 aliphatic carbocycles. The Kier molecular flexibility index (Phi) is 30.3. The topological polar surface area (TPSA) is 130 Å². The average molecular weight is 737 g/mol. The van der Waals surface area contributed by atoms with Crippen LogP contribution < -0.4 is 0 Å². The van der Waals surface area contributed by atoms with Crippen molar-refractivity contribution in [2.24, 2.45) is 17.8 Å². The van der Waals surface area contributed by atoms with E-state index in [0.717, 1.165) is 70.1 Å². The number of esters is 2. The molecule has 0 aromatic carbocycles. The summed E-state index contributed by atoms with van der Waals surface area (Å²) < 4.78 is 10.3. The molecule has 0 unspecified atom stereocenters. The van der Waals surface area contributed by atoms with Crippen LogP contribution in [0.4, 0.5) is 0 Å². The van der Waals surface area contributed by atoms with Gasteiger partial charge in [0.05, 0.1) is 12.2 Å². The van der Waals surface area contributed by atoms with E-state index in [1.54, 1.807) is 12.2 Å². The van der Waals surface area contributed by atoms with Gasteiger partial charge in [-0.25, -0.2) is 0 Å². The summed E-state index contributed by atoms with van der Waals surface area (Å²) >= 11 is 0. The molecular weight excluding hydrogens is 656 g/mol. The highest BCUT2D eigenvalue weighted by molar-refractivity contribution is 5.86. The van der Waals surface area contributed by atoms with Crippen molar-refractivity contribution >= 4 is 17.7 Å². The van der Waals surface area contributed by atoms with E-state index in [4.69, 9.17) is 9.47 Å². The van der Waals surface area contributed by atoms with E-state index in [9.17, 15) is 29.7 Å². The van der Waals surface area contributed by atoms with E-state index in [1.807, 2.05) is 0 Å². The molecule has 0 radical (unpaired) electrons. The standard InChI is InChI=1S/C44H80O8/c1-4-5-21-27-37(45)31-32-40-39(41(47)33-42(40)48)28-23-19-20-25-30-44(50)52-35-38(46)34-51-43(49)29-24-18-16-14-12-10-8-6-7-9-11-13-15-17-22-26-36(2)3/h31-32,36-41,45-47H,4-30,33-35H2,1-3H3/b32-31+/t37-,38-,39+,40+,41-/m0/s1. The normalized spacial score (nSPS) is 18.8. The minimum absolute atomic E-state index is 0.0367. The van der Waals surface area contributed by atoms with Crippen molar-refractivity contribution in [3.63, 3.8) is 0 Å². The second kappa shape index (κ2) is 32.6. The number of aliphatic hydroxyl groups excluding tert-OH is 3. The molecular formula is C44H80O8. The first kappa shape index (κ1) is 48.2. The number of aliphatic hydroxyl groups is 3. The Hall–Kier alpha value is -1.77. The fourth-order valence-electron chi connectivity index (χ4n) is 7.24. The van der Waals surface area contributed by atoms with Gasteiger partial charge in [0, 0.05) is 25.2 Å². The minimum atomic E-state index is -1.03. The first-order valence-corrected chi connectivity index (χ1v) is 21.7. The van der Waals surface area contributed by atoms with Crippen molar-refractivity contribution in [3.8, 4) is 0 Å². The van der Waals surface area contributed by atoms with Crippen molar-refractivity contribution in [1.82, 2.24) is 0 Å². The lowest BCUT2D eigenvalue weighted by molar-refractivity contribution is -0.152. The minimum Gasteiger partial charge on any atom is -0.463 e. The highest BCUT2D eigenvalue weighted by atomic mass is 16.6. The van der Waals surface area contributed by atoms with Gasteiger partial charge in [0.2, 0.25) is 0 Å². The van der Waals surface area contributed by atoms with Crippen molar-refractivity contribution < 1.29 is 39.2 Å². The average Bonchev–Trinajstić information content (AvgIpc) is 3.38. The highest BCUT2D eigenvalue weighted by Crippen LogP contribution is 2.34. The molecule has 1 rings (SSSR count). The summed E-state index contributed by atoms with van der Waals surface area (Å²) in [5.41, 5.74) is 0. The molecule has 5 atom stereocenters. The molecule has 1 aliphatic rings. The first-order valence-electron chi connectivity index (χ1n) is 21.7. The Morgan fingerprint density at radius 2 is 1.12 bits per heavy atom. The van der Waals surface area contributed by atoms with Gasteiger partial charge in [-0.1, -0.05) is 168 Å². The molecule has 0 aromatic rings. The van der Waals surface area contributed by atoms with E-state index in [0.29, 0.717) is 19.3 Å². The van der Waals surface area contributed by atoms with E-state index < -0.39 is 18.3 Å². The third kappa shape index (κ3) is 26.9. The van der Waals surface area contributed by atoms with Crippen LogP contribution in [0, 0.1) is 17.8 Å². The molecule has 52 heavy (non-hydrogen) atoms. The molecule has 1 fully saturated rings. The van der Waals surface area contributed by atoms with E-state index in [-0.39, 0.29) is 55.6 Å². The molecule has 0 amide bonds. The van der Waals surface area contributed by atoms with Gasteiger partial charge in [0.1, 0.15) is 25.1 Å². The number of carbonyl (C=O) groups is 3. The Bertz CT molecular complexity index is 918. The Labute approximate surface area is 318 Å². The van der Waals surface area contributed by atoms with Gasteiger partial charge in [0.25, 0.3) is 0 Å². The Morgan fingerprint density at radius 3 is 1.60 bits per heavy atom. The fourth-order valence-corrected chi connectivity index (χ4v) is 7.24. The number of ketones is 1. The van der Waals surface area contributed by atoms with Crippen LogP contribution >= 0.6 is 0 Å². The Morgan fingerprint density at radius 1 is 0.673 bits per heavy atom. The molecule has 0 spiro atoms. The van der Waals surface area contributed by atoms with Crippen LogP contribution in [-0.2, 0) is 23.9 Å². The van der Waals surface area contributed by atoms with Gasteiger partial charge in [-0.05, 0) is 37.5 Å². The molecule has 304 valence electrons. The van der Waals surface area contributed by atoms with Crippen LogP contribution in [-0.4, -0.2) is 64.6 Å². The predicted molar refractivity (Wildman–Crippen MR) is 211 cm³/mol. The molecule has 0 heterocycles. The summed E-state index contributed by atoms with van der Waals surface area (Å²) in [5.74, 6) is -0.300. The molecule has 0 aromatic heterocycles. The van der Waals surface area contributed by atoms with Crippen LogP contribution in [0.25, 0.3) is 0 Å². The zero-order valence-corrected chi connectivity index (χ0v) is 33.7. The fraction of sp³-hybridized carbons (Fsp3) is 0.886. The number of hydrogen-bond acceptors (Lipinski definition) is 8. The predicted octanol–water partition coefficient (Wildman–Crippen LogP) is 10.1. The van der Waals surface area contributed by atoms with Gasteiger partial charge in [0.15, 0.2) is 0 Å². The number of ether oxygens (including phenoxy) is 2. The summed E-state index contributed by atoms with van der Waals surface area (Å²) in [4.78, 5) is 36.6. The van der Waals surface area contributed by atoms with Crippen molar-refractivity contribution in [2.75, 3.05) is 13.2 Å². The molecule has 8 nitrogen and oxygen atoms in total. The lowest BCUT2D eigenvalue weighted by Crippen LogP contribution is -2.25. The van der Waals surface area contributed by atoms with Crippen LogP contribution in [0.2, 0.25) is 0 Å². The number of allylic oxidation sites excluding steroid dienone is 1. The summed E-state index contributed by atoms with van der Waals surface area (Å²) in [6.07, 6.45) is 30.3. The van der Waals surface area contributed by atoms with Crippen molar-refractivity contribution in [1.29, 1.82) is 0 Å². The van der Waals surface area contributed by atoms with Gasteiger partial charge in [-0.3, -0.25) is 14.4 Å². The van der Waals surface area contributed by atoms with Gasteiger partial charge >= 0.3 is 11.9 Å². The lowest BCUT2D eigenvalue weighted by Gasteiger charge is -2.19. The van der Waals surface area contributed by atoms with E-state index in [1.165, 1.54) is 83.5 Å². The van der Waals surface area contributed by atoms with Crippen LogP contribution in [0.3, 0.4) is 0 Å². The van der Waals surface area contributed by atoms with Crippen molar-refractivity contribution in [2.45, 2.75) is 219 Å². The SMILES string of the molecule is CCCCC[C@H](O)/C=C/[C@H]1C(=O)C[C@H](O)[C@@H]1CCCCCCC(=O)OC[C@@H](O)COC(=O)CCCCCCCCCCCCCCCCCC(C)C. The lowest BCUT2D eigenvalue weighted by atomic mass is 9.88. The number of carbonyl (C=O) groups excluding carboxylic acids is 3. The maximum Gasteiger partial charge on any atom is 0.305 e. The zero-order chi connectivity index (χ0) is 38.2. The molecule has 3 N–H and O–H groups in total. The number of Topliss-reactive ketones (excluding diaryl/α,β-unsaturated/α-hetero) is 1. The third-order valence-corrected chi connectivity index (χ3v) is 10.6. The van der Waals surface area contributed by atoms with E-state index in [2.05, 4.69) is 20.8 Å². The number of rotatable bonds is 35. The maximum atomic E-state index is 12.4. The monoisotopic (exact) mass is 737 g/mol. The Balaban J connectivity index is 1.96.